The first-order chi connectivity index (χ1) is 10.9. The molecule has 2 rings (SSSR count). The van der Waals surface area contributed by atoms with Crippen molar-refractivity contribution in [3.05, 3.63) is 36.8 Å². The van der Waals surface area contributed by atoms with Crippen LogP contribution >= 0.6 is 0 Å². The number of rotatable bonds is 10. The zero-order valence-electron chi connectivity index (χ0n) is 13.4. The Morgan fingerprint density at radius 1 is 1.09 bits per heavy atom. The van der Waals surface area contributed by atoms with Crippen LogP contribution in [0, 0.1) is 0 Å². The van der Waals surface area contributed by atoms with Crippen LogP contribution in [0.4, 0.5) is 5.69 Å². The van der Waals surface area contributed by atoms with Crippen LogP contribution in [0.2, 0.25) is 0 Å². The lowest BCUT2D eigenvalue weighted by molar-refractivity contribution is 0.603. The summed E-state index contributed by atoms with van der Waals surface area (Å²) in [6.45, 7) is 3.25. The van der Waals surface area contributed by atoms with Gasteiger partial charge in [0.05, 0.1) is 24.0 Å². The minimum atomic E-state index is 0.953. The molecule has 1 aromatic carbocycles. The average molecular weight is 298 g/mol. The lowest BCUT2D eigenvalue weighted by atomic mass is 10.1. The van der Waals surface area contributed by atoms with Crippen molar-refractivity contribution < 1.29 is 0 Å². The predicted octanol–water partition coefficient (Wildman–Crippen LogP) is 4.69. The third kappa shape index (κ3) is 5.72. The van der Waals surface area contributed by atoms with Gasteiger partial charge in [-0.15, -0.1) is 0 Å². The molecule has 0 radical (unpaired) electrons. The molecule has 0 amide bonds. The number of benzene rings is 1. The Balaban J connectivity index is 1.64. The minimum Gasteiger partial charge on any atom is -0.376 e. The Morgan fingerprint density at radius 2 is 1.86 bits per heavy atom. The lowest BCUT2D eigenvalue weighted by Crippen LogP contribution is -2.12. The second-order valence-electron chi connectivity index (χ2n) is 5.48. The van der Waals surface area contributed by atoms with E-state index in [1.165, 1.54) is 38.5 Å². The number of hydrogen-bond donors (Lipinski definition) is 2. The van der Waals surface area contributed by atoms with Crippen molar-refractivity contribution in [3.8, 4) is 11.3 Å². The quantitative estimate of drug-likeness (QED) is 0.380. The lowest BCUT2D eigenvalue weighted by Gasteiger charge is -2.01. The number of H-pyrrole nitrogens is 1. The fourth-order valence-corrected chi connectivity index (χ4v) is 2.33. The standard InChI is InChI=1S/C18H26N4/c1-2-3-4-5-6-7-12-19-14-21-17-10-8-16(9-11-17)18-13-20-15-22-18/h8-11,13-15H,2-7,12H2,1H3,(H,19,21)(H,20,22). The molecular weight excluding hydrogens is 272 g/mol. The molecule has 0 atom stereocenters. The molecule has 1 aromatic heterocycles. The molecule has 4 nitrogen and oxygen atoms in total. The first kappa shape index (κ1) is 16.3. The molecule has 118 valence electrons. The summed E-state index contributed by atoms with van der Waals surface area (Å²) in [4.78, 5) is 11.6. The van der Waals surface area contributed by atoms with Gasteiger partial charge in [0.15, 0.2) is 0 Å². The number of nitrogens with one attached hydrogen (secondary N) is 2. The van der Waals surface area contributed by atoms with E-state index in [4.69, 9.17) is 0 Å². The second-order valence-corrected chi connectivity index (χ2v) is 5.48. The highest BCUT2D eigenvalue weighted by Crippen LogP contribution is 2.19. The highest BCUT2D eigenvalue weighted by molar-refractivity contribution is 5.64. The van der Waals surface area contributed by atoms with E-state index >= 15 is 0 Å². The number of unbranched alkanes of at least 4 members (excludes halogenated alkanes) is 5. The van der Waals surface area contributed by atoms with Gasteiger partial charge in [0.2, 0.25) is 0 Å². The minimum absolute atomic E-state index is 0.953. The molecule has 22 heavy (non-hydrogen) atoms. The van der Waals surface area contributed by atoms with Crippen molar-refractivity contribution in [2.45, 2.75) is 45.4 Å². The number of nitrogens with zero attached hydrogens (tertiary/aromatic N) is 2. The maximum Gasteiger partial charge on any atom is 0.0927 e. The summed E-state index contributed by atoms with van der Waals surface area (Å²) >= 11 is 0. The number of imidazole rings is 1. The topological polar surface area (TPSA) is 53.1 Å². The van der Waals surface area contributed by atoms with Crippen LogP contribution in [0.5, 0.6) is 0 Å². The maximum absolute atomic E-state index is 4.41. The van der Waals surface area contributed by atoms with E-state index in [1.54, 1.807) is 12.7 Å². The van der Waals surface area contributed by atoms with Gasteiger partial charge >= 0.3 is 0 Å². The first-order valence-electron chi connectivity index (χ1n) is 8.25. The highest BCUT2D eigenvalue weighted by atomic mass is 14.9. The number of hydrogen-bond acceptors (Lipinski definition) is 2. The molecule has 1 heterocycles. The van der Waals surface area contributed by atoms with E-state index in [0.29, 0.717) is 0 Å². The van der Waals surface area contributed by atoms with E-state index < -0.39 is 0 Å². The molecule has 0 aliphatic rings. The summed E-state index contributed by atoms with van der Waals surface area (Å²) in [5, 5.41) is 3.26. The van der Waals surface area contributed by atoms with Crippen molar-refractivity contribution in [1.82, 2.24) is 15.3 Å². The van der Waals surface area contributed by atoms with Crippen LogP contribution < -0.4 is 5.32 Å². The monoisotopic (exact) mass is 298 g/mol. The summed E-state index contributed by atoms with van der Waals surface area (Å²) in [7, 11) is 0. The van der Waals surface area contributed by atoms with Crippen LogP contribution in [0.25, 0.3) is 11.3 Å². The Bertz CT molecular complexity index is 529. The maximum atomic E-state index is 4.41. The van der Waals surface area contributed by atoms with Crippen LogP contribution in [0.15, 0.2) is 41.8 Å². The molecule has 0 aliphatic carbocycles. The van der Waals surface area contributed by atoms with E-state index in [2.05, 4.69) is 27.2 Å². The zero-order valence-corrected chi connectivity index (χ0v) is 13.4. The Hall–Kier alpha value is -2.10. The summed E-state index contributed by atoms with van der Waals surface area (Å²) in [5.74, 6) is 0. The fourth-order valence-electron chi connectivity index (χ4n) is 2.33. The van der Waals surface area contributed by atoms with Gasteiger partial charge < -0.3 is 10.3 Å². The van der Waals surface area contributed by atoms with Crippen LogP contribution in [-0.2, 0) is 0 Å². The van der Waals surface area contributed by atoms with E-state index in [0.717, 1.165) is 23.5 Å². The molecule has 2 aromatic rings. The van der Waals surface area contributed by atoms with Gasteiger partial charge in [0.25, 0.3) is 0 Å². The van der Waals surface area contributed by atoms with Crippen LogP contribution in [0.1, 0.15) is 45.4 Å². The molecule has 2 N–H and O–H groups in total. The van der Waals surface area contributed by atoms with Gasteiger partial charge in [-0.2, -0.15) is 0 Å². The Morgan fingerprint density at radius 3 is 2.59 bits per heavy atom. The van der Waals surface area contributed by atoms with E-state index in [9.17, 15) is 0 Å². The van der Waals surface area contributed by atoms with Crippen molar-refractivity contribution in [1.29, 1.82) is 0 Å². The third-order valence-corrected chi connectivity index (χ3v) is 3.64. The van der Waals surface area contributed by atoms with E-state index in [-0.39, 0.29) is 0 Å². The normalized spacial score (nSPS) is 11.1. The SMILES string of the molecule is CCCCCCCCN/C=N\c1ccc(-c2c[nH]cn2)cc1. The molecule has 0 fully saturated rings. The van der Waals surface area contributed by atoms with Gasteiger partial charge in [0, 0.05) is 18.3 Å². The summed E-state index contributed by atoms with van der Waals surface area (Å²) in [6.07, 6.45) is 13.3. The molecular formula is C18H26N4. The summed E-state index contributed by atoms with van der Waals surface area (Å²) < 4.78 is 0. The van der Waals surface area contributed by atoms with Gasteiger partial charge in [-0.25, -0.2) is 9.98 Å². The van der Waals surface area contributed by atoms with E-state index in [1.807, 2.05) is 30.5 Å². The average Bonchev–Trinajstić information content (AvgIpc) is 3.08. The molecule has 0 spiro atoms. The van der Waals surface area contributed by atoms with Crippen LogP contribution in [0.3, 0.4) is 0 Å². The summed E-state index contributed by atoms with van der Waals surface area (Å²) in [6, 6.07) is 8.09. The Kier molecular flexibility index (Phi) is 7.22. The van der Waals surface area contributed by atoms with Crippen LogP contribution in [-0.4, -0.2) is 22.9 Å². The molecule has 4 heteroatoms. The van der Waals surface area contributed by atoms with Crippen molar-refractivity contribution in [3.63, 3.8) is 0 Å². The number of aromatic nitrogens is 2. The largest absolute Gasteiger partial charge is 0.376 e. The number of aromatic amines is 1. The second kappa shape index (κ2) is 9.77. The van der Waals surface area contributed by atoms with Crippen molar-refractivity contribution >= 4 is 12.0 Å². The zero-order chi connectivity index (χ0) is 15.5. The number of aliphatic imine (C=N–C) groups is 1. The van der Waals surface area contributed by atoms with Gasteiger partial charge in [-0.1, -0.05) is 51.2 Å². The molecule has 0 unspecified atom stereocenters. The van der Waals surface area contributed by atoms with Crippen molar-refractivity contribution in [2.24, 2.45) is 4.99 Å². The molecule has 0 saturated carbocycles. The smallest absolute Gasteiger partial charge is 0.0927 e. The van der Waals surface area contributed by atoms with Crippen molar-refractivity contribution in [2.75, 3.05) is 6.54 Å². The van der Waals surface area contributed by atoms with Gasteiger partial charge in [0.1, 0.15) is 0 Å². The highest BCUT2D eigenvalue weighted by Gasteiger charge is 1.98. The molecule has 0 aliphatic heterocycles. The Labute approximate surface area is 133 Å². The molecule has 0 saturated heterocycles. The van der Waals surface area contributed by atoms with Gasteiger partial charge in [-0.3, -0.25) is 0 Å². The fraction of sp³-hybridized carbons (Fsp3) is 0.444. The first-order valence-corrected chi connectivity index (χ1v) is 8.25. The van der Waals surface area contributed by atoms with Gasteiger partial charge in [-0.05, 0) is 18.6 Å². The third-order valence-electron chi connectivity index (χ3n) is 3.64. The summed E-state index contributed by atoms with van der Waals surface area (Å²) in [5.41, 5.74) is 3.01. The predicted molar refractivity (Wildman–Crippen MR) is 93.6 cm³/mol. The molecule has 0 bridgehead atoms.